The molecule has 1 aromatic rings. The van der Waals surface area contributed by atoms with E-state index in [4.69, 9.17) is 0 Å². The third-order valence-electron chi connectivity index (χ3n) is 3.64. The van der Waals surface area contributed by atoms with Crippen molar-refractivity contribution >= 4 is 5.91 Å². The van der Waals surface area contributed by atoms with E-state index in [-0.39, 0.29) is 6.42 Å². The number of aliphatic hydroxyl groups is 1. The fraction of sp³-hybridized carbons (Fsp3) is 0.562. The lowest BCUT2D eigenvalue weighted by atomic mass is 9.93. The molecule has 0 unspecified atom stereocenters. The maximum Gasteiger partial charge on any atom is 0.262 e. The number of amides is 1. The number of carbonyl (C=O) groups is 1. The van der Waals surface area contributed by atoms with Gasteiger partial charge in [0.1, 0.15) is 0 Å². The molecule has 1 aromatic carbocycles. The summed E-state index contributed by atoms with van der Waals surface area (Å²) in [4.78, 5) is 13.5. The Kier molecular flexibility index (Phi) is 6.14. The molecule has 4 heteroatoms. The molecule has 20 heavy (non-hydrogen) atoms. The lowest BCUT2D eigenvalue weighted by Crippen LogP contribution is -2.51. The standard InChI is InChI=1S/C16H24FNO2/c1-4-18(5-2)15(20)16(3,17)14(19)12-11-13-9-7-6-8-10-13/h6-10,14,19H,4-5,11-12H2,1-3H3/t14-,16-/m0/s1. The van der Waals surface area contributed by atoms with Gasteiger partial charge in [-0.2, -0.15) is 0 Å². The first-order valence-electron chi connectivity index (χ1n) is 7.13. The zero-order valence-electron chi connectivity index (χ0n) is 12.5. The number of halogens is 1. The number of carbonyl (C=O) groups excluding carboxylic acids is 1. The van der Waals surface area contributed by atoms with Crippen molar-refractivity contribution < 1.29 is 14.3 Å². The van der Waals surface area contributed by atoms with Gasteiger partial charge >= 0.3 is 0 Å². The van der Waals surface area contributed by atoms with Gasteiger partial charge in [-0.25, -0.2) is 4.39 Å². The van der Waals surface area contributed by atoms with Gasteiger partial charge in [0.05, 0.1) is 6.10 Å². The Morgan fingerprint density at radius 2 is 1.85 bits per heavy atom. The molecule has 112 valence electrons. The minimum absolute atomic E-state index is 0.226. The normalized spacial score (nSPS) is 15.4. The summed E-state index contributed by atoms with van der Waals surface area (Å²) < 4.78 is 14.6. The Balaban J connectivity index is 2.64. The van der Waals surface area contributed by atoms with Gasteiger partial charge in [0.25, 0.3) is 5.91 Å². The van der Waals surface area contributed by atoms with Crippen LogP contribution in [-0.2, 0) is 11.2 Å². The summed E-state index contributed by atoms with van der Waals surface area (Å²) in [5.74, 6) is -0.636. The van der Waals surface area contributed by atoms with Crippen LogP contribution in [0.25, 0.3) is 0 Å². The van der Waals surface area contributed by atoms with Crippen molar-refractivity contribution in [2.45, 2.75) is 45.4 Å². The zero-order chi connectivity index (χ0) is 15.2. The third kappa shape index (κ3) is 4.04. The highest BCUT2D eigenvalue weighted by molar-refractivity contribution is 5.85. The first-order chi connectivity index (χ1) is 9.43. The monoisotopic (exact) mass is 281 g/mol. The maximum atomic E-state index is 14.6. The Bertz CT molecular complexity index is 416. The van der Waals surface area contributed by atoms with E-state index in [0.29, 0.717) is 19.5 Å². The van der Waals surface area contributed by atoms with Crippen LogP contribution >= 0.6 is 0 Å². The number of hydrogen-bond donors (Lipinski definition) is 1. The molecular formula is C16H24FNO2. The van der Waals surface area contributed by atoms with E-state index in [1.54, 1.807) is 13.8 Å². The van der Waals surface area contributed by atoms with Crippen LogP contribution in [0.2, 0.25) is 0 Å². The highest BCUT2D eigenvalue weighted by Crippen LogP contribution is 2.23. The Morgan fingerprint density at radius 1 is 1.30 bits per heavy atom. The van der Waals surface area contributed by atoms with Gasteiger partial charge in [-0.3, -0.25) is 4.79 Å². The largest absolute Gasteiger partial charge is 0.389 e. The maximum absolute atomic E-state index is 14.6. The fourth-order valence-corrected chi connectivity index (χ4v) is 2.18. The number of nitrogens with zero attached hydrogens (tertiary/aromatic N) is 1. The van der Waals surface area contributed by atoms with Crippen LogP contribution in [0, 0.1) is 0 Å². The van der Waals surface area contributed by atoms with Crippen LogP contribution in [0.15, 0.2) is 30.3 Å². The molecule has 0 spiro atoms. The van der Waals surface area contributed by atoms with Crippen molar-refractivity contribution in [2.75, 3.05) is 13.1 Å². The van der Waals surface area contributed by atoms with E-state index in [9.17, 15) is 14.3 Å². The minimum Gasteiger partial charge on any atom is -0.389 e. The van der Waals surface area contributed by atoms with Gasteiger partial charge in [-0.05, 0) is 39.2 Å². The van der Waals surface area contributed by atoms with Crippen LogP contribution in [0.4, 0.5) is 4.39 Å². The van der Waals surface area contributed by atoms with Crippen LogP contribution in [-0.4, -0.2) is 40.8 Å². The van der Waals surface area contributed by atoms with Gasteiger partial charge in [0, 0.05) is 13.1 Å². The molecule has 3 nitrogen and oxygen atoms in total. The molecule has 0 fully saturated rings. The Hall–Kier alpha value is -1.42. The van der Waals surface area contributed by atoms with Crippen LogP contribution in [0.3, 0.4) is 0 Å². The molecule has 0 aliphatic carbocycles. The van der Waals surface area contributed by atoms with Crippen molar-refractivity contribution in [3.05, 3.63) is 35.9 Å². The molecule has 1 rings (SSSR count). The lowest BCUT2D eigenvalue weighted by molar-refractivity contribution is -0.150. The predicted octanol–water partition coefficient (Wildman–Crippen LogP) is 2.58. The van der Waals surface area contributed by atoms with Crippen molar-refractivity contribution in [1.82, 2.24) is 4.90 Å². The van der Waals surface area contributed by atoms with Crippen molar-refractivity contribution in [3.8, 4) is 0 Å². The molecule has 0 saturated heterocycles. The molecule has 2 atom stereocenters. The summed E-state index contributed by atoms with van der Waals surface area (Å²) >= 11 is 0. The van der Waals surface area contributed by atoms with E-state index in [2.05, 4.69) is 0 Å². The molecule has 0 radical (unpaired) electrons. The Morgan fingerprint density at radius 3 is 2.35 bits per heavy atom. The second kappa shape index (κ2) is 7.39. The van der Waals surface area contributed by atoms with Gasteiger partial charge < -0.3 is 10.0 Å². The van der Waals surface area contributed by atoms with E-state index in [1.807, 2.05) is 30.3 Å². The average molecular weight is 281 g/mol. The second-order valence-electron chi connectivity index (χ2n) is 5.09. The summed E-state index contributed by atoms with van der Waals surface area (Å²) in [5.41, 5.74) is -1.21. The van der Waals surface area contributed by atoms with Gasteiger partial charge in [0.15, 0.2) is 0 Å². The predicted molar refractivity (Wildman–Crippen MR) is 78.2 cm³/mol. The number of benzene rings is 1. The van der Waals surface area contributed by atoms with Crippen LogP contribution in [0.1, 0.15) is 32.8 Å². The van der Waals surface area contributed by atoms with Crippen molar-refractivity contribution in [1.29, 1.82) is 0 Å². The third-order valence-corrected chi connectivity index (χ3v) is 3.64. The molecule has 0 heterocycles. The number of rotatable bonds is 7. The summed E-state index contributed by atoms with van der Waals surface area (Å²) in [5, 5.41) is 10.0. The SMILES string of the molecule is CCN(CC)C(=O)[C@@](C)(F)[C@@H](O)CCc1ccccc1. The molecule has 0 bridgehead atoms. The van der Waals surface area contributed by atoms with Crippen LogP contribution in [0.5, 0.6) is 0 Å². The first-order valence-corrected chi connectivity index (χ1v) is 7.13. The molecular weight excluding hydrogens is 257 g/mol. The molecule has 0 saturated carbocycles. The first kappa shape index (κ1) is 16.6. The smallest absolute Gasteiger partial charge is 0.262 e. The van der Waals surface area contributed by atoms with Gasteiger partial charge in [0.2, 0.25) is 5.67 Å². The highest BCUT2D eigenvalue weighted by atomic mass is 19.1. The molecule has 0 aliphatic heterocycles. The highest BCUT2D eigenvalue weighted by Gasteiger charge is 2.42. The summed E-state index contributed by atoms with van der Waals surface area (Å²) in [6.45, 7) is 5.66. The summed E-state index contributed by atoms with van der Waals surface area (Å²) in [7, 11) is 0. The lowest BCUT2D eigenvalue weighted by Gasteiger charge is -2.31. The van der Waals surface area contributed by atoms with E-state index < -0.39 is 17.7 Å². The summed E-state index contributed by atoms with van der Waals surface area (Å²) in [6, 6.07) is 9.56. The summed E-state index contributed by atoms with van der Waals surface area (Å²) in [6.07, 6.45) is -0.521. The number of alkyl halides is 1. The fourth-order valence-electron chi connectivity index (χ4n) is 2.18. The second-order valence-corrected chi connectivity index (χ2v) is 5.09. The molecule has 0 aliphatic rings. The van der Waals surface area contributed by atoms with E-state index in [1.165, 1.54) is 11.8 Å². The minimum atomic E-state index is -2.24. The quantitative estimate of drug-likeness (QED) is 0.834. The van der Waals surface area contributed by atoms with Crippen LogP contribution < -0.4 is 0 Å². The molecule has 1 amide bonds. The van der Waals surface area contributed by atoms with Gasteiger partial charge in [-0.15, -0.1) is 0 Å². The van der Waals surface area contributed by atoms with E-state index >= 15 is 0 Å². The van der Waals surface area contributed by atoms with Gasteiger partial charge in [-0.1, -0.05) is 30.3 Å². The molecule has 1 N–H and O–H groups in total. The van der Waals surface area contributed by atoms with E-state index in [0.717, 1.165) is 5.56 Å². The van der Waals surface area contributed by atoms with Crippen molar-refractivity contribution in [2.24, 2.45) is 0 Å². The Labute approximate surface area is 120 Å². The number of aryl methyl sites for hydroxylation is 1. The topological polar surface area (TPSA) is 40.5 Å². The zero-order valence-corrected chi connectivity index (χ0v) is 12.5. The number of hydrogen-bond acceptors (Lipinski definition) is 2. The number of aliphatic hydroxyl groups excluding tert-OH is 1. The van der Waals surface area contributed by atoms with Crippen molar-refractivity contribution in [3.63, 3.8) is 0 Å². The average Bonchev–Trinajstić information content (AvgIpc) is 2.46. The molecule has 0 aromatic heterocycles.